The van der Waals surface area contributed by atoms with Crippen molar-refractivity contribution in [2.75, 3.05) is 6.54 Å². The predicted molar refractivity (Wildman–Crippen MR) is 128 cm³/mol. The number of amides is 2. The number of ether oxygens (including phenoxy) is 1. The topological polar surface area (TPSA) is 58.6 Å². The van der Waals surface area contributed by atoms with E-state index in [9.17, 15) is 9.59 Å². The van der Waals surface area contributed by atoms with E-state index >= 15 is 0 Å². The highest BCUT2D eigenvalue weighted by Crippen LogP contribution is 2.33. The van der Waals surface area contributed by atoms with E-state index in [0.29, 0.717) is 17.9 Å². The summed E-state index contributed by atoms with van der Waals surface area (Å²) in [5.41, 5.74) is 1.77. The highest BCUT2D eigenvalue weighted by Gasteiger charge is 2.32. The van der Waals surface area contributed by atoms with Crippen molar-refractivity contribution in [3.8, 4) is 5.75 Å². The Morgan fingerprint density at radius 1 is 1.24 bits per heavy atom. The highest BCUT2D eigenvalue weighted by molar-refractivity contribution is 14.1. The van der Waals surface area contributed by atoms with E-state index in [-0.39, 0.29) is 17.2 Å². The van der Waals surface area contributed by atoms with Gasteiger partial charge in [0.05, 0.1) is 8.04 Å². The quantitative estimate of drug-likeness (QED) is 0.180. The Morgan fingerprint density at radius 2 is 1.97 bits per heavy atom. The minimum absolute atomic E-state index is 0.0149. The lowest BCUT2D eigenvalue weighted by Gasteiger charge is -2.27. The van der Waals surface area contributed by atoms with Crippen molar-refractivity contribution in [2.45, 2.75) is 6.61 Å². The first-order chi connectivity index (χ1) is 13.9. The Hall–Kier alpha value is -2.04. The van der Waals surface area contributed by atoms with Crippen molar-refractivity contribution in [1.29, 1.82) is 0 Å². The number of rotatable bonds is 6. The molecule has 0 atom stereocenters. The zero-order valence-electron chi connectivity index (χ0n) is 15.2. The van der Waals surface area contributed by atoms with Gasteiger partial charge in [0.2, 0.25) is 0 Å². The lowest BCUT2D eigenvalue weighted by Crippen LogP contribution is -2.53. The lowest BCUT2D eigenvalue weighted by atomic mass is 10.1. The first kappa shape index (κ1) is 21.7. The molecule has 5 nitrogen and oxygen atoms in total. The SMILES string of the molecule is C=CCN1C(=O)/C(=C/c2cc(Br)c(OCc3ccccc3)c(I)c2)C(=O)NC1=S. The van der Waals surface area contributed by atoms with Crippen molar-refractivity contribution in [3.63, 3.8) is 0 Å². The van der Waals surface area contributed by atoms with Crippen molar-refractivity contribution in [2.24, 2.45) is 0 Å². The number of hydrogen-bond donors (Lipinski definition) is 1. The van der Waals surface area contributed by atoms with Crippen LogP contribution in [0.5, 0.6) is 5.75 Å². The van der Waals surface area contributed by atoms with Crippen LogP contribution >= 0.6 is 50.7 Å². The van der Waals surface area contributed by atoms with Gasteiger partial charge in [-0.25, -0.2) is 0 Å². The molecule has 2 amide bonds. The molecule has 1 saturated heterocycles. The number of halogens is 2. The summed E-state index contributed by atoms with van der Waals surface area (Å²) in [6.07, 6.45) is 3.10. The van der Waals surface area contributed by atoms with Crippen LogP contribution in [0.25, 0.3) is 6.08 Å². The summed E-state index contributed by atoms with van der Waals surface area (Å²) in [5.74, 6) is -0.268. The number of carbonyl (C=O) groups is 2. The van der Waals surface area contributed by atoms with Crippen molar-refractivity contribution >= 4 is 73.7 Å². The third kappa shape index (κ3) is 5.12. The summed E-state index contributed by atoms with van der Waals surface area (Å²) in [5, 5.41) is 2.62. The average Bonchev–Trinajstić information content (AvgIpc) is 2.68. The monoisotopic (exact) mass is 582 g/mol. The molecule has 1 aliphatic rings. The molecule has 1 heterocycles. The normalized spacial score (nSPS) is 15.4. The predicted octanol–water partition coefficient (Wildman–Crippen LogP) is 4.45. The van der Waals surface area contributed by atoms with Crippen molar-refractivity contribution in [1.82, 2.24) is 10.2 Å². The fourth-order valence-corrected chi connectivity index (χ4v) is 4.70. The lowest BCUT2D eigenvalue weighted by molar-refractivity contribution is -0.128. The van der Waals surface area contributed by atoms with E-state index in [1.165, 1.54) is 4.90 Å². The van der Waals surface area contributed by atoms with Crippen molar-refractivity contribution < 1.29 is 14.3 Å². The zero-order chi connectivity index (χ0) is 21.0. The zero-order valence-corrected chi connectivity index (χ0v) is 19.7. The molecule has 148 valence electrons. The summed E-state index contributed by atoms with van der Waals surface area (Å²) in [7, 11) is 0. The molecule has 0 radical (unpaired) electrons. The molecule has 3 rings (SSSR count). The Kier molecular flexibility index (Phi) is 7.20. The first-order valence-electron chi connectivity index (χ1n) is 8.56. The van der Waals surface area contributed by atoms with Gasteiger partial charge in [-0.15, -0.1) is 6.58 Å². The molecule has 0 saturated carbocycles. The standard InChI is InChI=1S/C21H16BrIN2O3S/c1-2-8-25-20(27)15(19(26)24-21(25)29)9-14-10-16(22)18(17(23)11-14)28-12-13-6-4-3-5-7-13/h2-7,9-11H,1,8,12H2,(H,24,26,29)/b15-9+. The largest absolute Gasteiger partial charge is 0.487 e. The molecule has 0 bridgehead atoms. The van der Waals surface area contributed by atoms with Gasteiger partial charge in [-0.3, -0.25) is 19.8 Å². The molecule has 29 heavy (non-hydrogen) atoms. The maximum absolute atomic E-state index is 12.7. The van der Waals surface area contributed by atoms with Crippen LogP contribution in [0, 0.1) is 3.57 Å². The van der Waals surface area contributed by atoms with Crippen LogP contribution in [0.4, 0.5) is 0 Å². The van der Waals surface area contributed by atoms with Crippen LogP contribution in [-0.2, 0) is 16.2 Å². The van der Waals surface area contributed by atoms with E-state index < -0.39 is 11.8 Å². The third-order valence-electron chi connectivity index (χ3n) is 4.06. The van der Waals surface area contributed by atoms with E-state index in [0.717, 1.165) is 13.6 Å². The Morgan fingerprint density at radius 3 is 2.62 bits per heavy atom. The summed E-state index contributed by atoms with van der Waals surface area (Å²) in [6.45, 7) is 4.28. The van der Waals surface area contributed by atoms with Gasteiger partial charge in [-0.2, -0.15) is 0 Å². The number of hydrogen-bond acceptors (Lipinski definition) is 4. The summed E-state index contributed by atoms with van der Waals surface area (Å²) in [4.78, 5) is 26.2. The molecular weight excluding hydrogens is 567 g/mol. The minimum atomic E-state index is -0.518. The van der Waals surface area contributed by atoms with Gasteiger partial charge in [0.1, 0.15) is 17.9 Å². The smallest absolute Gasteiger partial charge is 0.265 e. The van der Waals surface area contributed by atoms with Crippen LogP contribution in [0.1, 0.15) is 11.1 Å². The fourth-order valence-electron chi connectivity index (χ4n) is 2.69. The fraction of sp³-hybridized carbons (Fsp3) is 0.0952. The second kappa shape index (κ2) is 9.64. The molecule has 1 aliphatic heterocycles. The first-order valence-corrected chi connectivity index (χ1v) is 10.8. The molecule has 0 spiro atoms. The van der Waals surface area contributed by atoms with E-state index in [1.54, 1.807) is 18.2 Å². The highest BCUT2D eigenvalue weighted by atomic mass is 127. The number of thiocarbonyl (C=S) groups is 1. The summed E-state index contributed by atoms with van der Waals surface area (Å²) >= 11 is 10.8. The van der Waals surface area contributed by atoms with Crippen LogP contribution in [0.3, 0.4) is 0 Å². The molecule has 2 aromatic carbocycles. The maximum Gasteiger partial charge on any atom is 0.265 e. The van der Waals surface area contributed by atoms with Gasteiger partial charge >= 0.3 is 0 Å². The second-order valence-corrected chi connectivity index (χ2v) is 8.51. The van der Waals surface area contributed by atoms with Gasteiger partial charge in [0.15, 0.2) is 5.11 Å². The van der Waals surface area contributed by atoms with E-state index in [4.69, 9.17) is 17.0 Å². The Bertz CT molecular complexity index is 1000. The van der Waals surface area contributed by atoms with Crippen LogP contribution in [0.2, 0.25) is 0 Å². The van der Waals surface area contributed by atoms with Gasteiger partial charge in [0.25, 0.3) is 11.8 Å². The molecule has 0 aromatic heterocycles. The van der Waals surface area contributed by atoms with Gasteiger partial charge in [-0.1, -0.05) is 36.4 Å². The van der Waals surface area contributed by atoms with Crippen LogP contribution in [0.15, 0.2) is 65.2 Å². The number of carbonyl (C=O) groups excluding carboxylic acids is 2. The Labute approximate surface area is 196 Å². The molecule has 0 aliphatic carbocycles. The van der Waals surface area contributed by atoms with Crippen LogP contribution in [-0.4, -0.2) is 28.4 Å². The average molecular weight is 583 g/mol. The van der Waals surface area contributed by atoms with Gasteiger partial charge in [0, 0.05) is 6.54 Å². The summed E-state index contributed by atoms with van der Waals surface area (Å²) in [6, 6.07) is 13.5. The molecule has 1 fully saturated rings. The molecular formula is C21H16BrIN2O3S. The Balaban J connectivity index is 1.85. The molecule has 8 heteroatoms. The van der Waals surface area contributed by atoms with E-state index in [1.807, 2.05) is 36.4 Å². The molecule has 2 aromatic rings. The summed E-state index contributed by atoms with van der Waals surface area (Å²) < 4.78 is 7.53. The maximum atomic E-state index is 12.7. The molecule has 1 N–H and O–H groups in total. The number of nitrogens with one attached hydrogen (secondary N) is 1. The number of benzene rings is 2. The van der Waals surface area contributed by atoms with Crippen LogP contribution < -0.4 is 10.1 Å². The number of nitrogens with zero attached hydrogens (tertiary/aromatic N) is 1. The minimum Gasteiger partial charge on any atom is -0.487 e. The molecule has 0 unspecified atom stereocenters. The van der Waals surface area contributed by atoms with Gasteiger partial charge < -0.3 is 4.74 Å². The van der Waals surface area contributed by atoms with E-state index in [2.05, 4.69) is 50.4 Å². The van der Waals surface area contributed by atoms with Gasteiger partial charge in [-0.05, 0) is 80.1 Å². The second-order valence-electron chi connectivity index (χ2n) is 6.11. The third-order valence-corrected chi connectivity index (χ3v) is 5.77. The van der Waals surface area contributed by atoms with Crippen molar-refractivity contribution in [3.05, 3.63) is 79.9 Å².